The number of hydrogen-bond acceptors (Lipinski definition) is 1. The fraction of sp³-hybridized carbons (Fsp3) is 0.360. The molecule has 0 aromatic heterocycles. The number of ether oxygens (including phenoxy) is 1. The highest BCUT2D eigenvalue weighted by atomic mass is 19.4. The van der Waals surface area contributed by atoms with E-state index in [-0.39, 0.29) is 16.3 Å². The fourth-order valence-corrected chi connectivity index (χ4v) is 4.61. The summed E-state index contributed by atoms with van der Waals surface area (Å²) >= 11 is 0. The van der Waals surface area contributed by atoms with E-state index < -0.39 is 29.6 Å². The third-order valence-electron chi connectivity index (χ3n) is 6.40. The number of rotatable bonds is 4. The lowest BCUT2D eigenvalue weighted by Gasteiger charge is -2.28. The molecule has 1 fully saturated rings. The van der Waals surface area contributed by atoms with Crippen LogP contribution in [0, 0.1) is 23.4 Å². The molecule has 3 aromatic rings. The largest absolute Gasteiger partial charge is 0.573 e. The predicted molar refractivity (Wildman–Crippen MR) is 111 cm³/mol. The van der Waals surface area contributed by atoms with Gasteiger partial charge in [0.2, 0.25) is 5.75 Å². The van der Waals surface area contributed by atoms with Crippen molar-refractivity contribution >= 4 is 10.8 Å². The molecule has 0 heterocycles. The lowest BCUT2D eigenvalue weighted by atomic mass is 9.77. The van der Waals surface area contributed by atoms with Crippen molar-refractivity contribution in [3.8, 4) is 16.9 Å². The highest BCUT2D eigenvalue weighted by Gasteiger charge is 2.34. The Kier molecular flexibility index (Phi) is 6.10. The van der Waals surface area contributed by atoms with E-state index in [0.29, 0.717) is 11.5 Å². The zero-order chi connectivity index (χ0) is 23.0. The summed E-state index contributed by atoms with van der Waals surface area (Å²) in [7, 11) is 0. The molecular formula is C25H22F6O. The van der Waals surface area contributed by atoms with Crippen molar-refractivity contribution in [3.05, 3.63) is 65.5 Å². The van der Waals surface area contributed by atoms with Gasteiger partial charge >= 0.3 is 6.36 Å². The van der Waals surface area contributed by atoms with E-state index in [2.05, 4.69) is 11.7 Å². The first-order valence-corrected chi connectivity index (χ1v) is 10.6. The summed E-state index contributed by atoms with van der Waals surface area (Å²) in [4.78, 5) is 0. The molecule has 4 rings (SSSR count). The Morgan fingerprint density at radius 1 is 0.875 bits per heavy atom. The zero-order valence-corrected chi connectivity index (χ0v) is 17.4. The lowest BCUT2D eigenvalue weighted by molar-refractivity contribution is -0.276. The van der Waals surface area contributed by atoms with Crippen LogP contribution in [-0.2, 0) is 0 Å². The number of benzene rings is 3. The Bertz CT molecular complexity index is 1130. The molecule has 0 N–H and O–H groups in total. The molecule has 7 heteroatoms. The monoisotopic (exact) mass is 452 g/mol. The van der Waals surface area contributed by atoms with Gasteiger partial charge < -0.3 is 4.74 Å². The maximum atomic E-state index is 14.9. The van der Waals surface area contributed by atoms with Crippen molar-refractivity contribution in [1.82, 2.24) is 0 Å². The van der Waals surface area contributed by atoms with Crippen LogP contribution in [0.2, 0.25) is 0 Å². The summed E-state index contributed by atoms with van der Waals surface area (Å²) in [5.74, 6) is -3.85. The Morgan fingerprint density at radius 3 is 2.22 bits per heavy atom. The normalized spacial score (nSPS) is 19.3. The van der Waals surface area contributed by atoms with Crippen LogP contribution in [0.4, 0.5) is 26.3 Å². The average molecular weight is 452 g/mol. The van der Waals surface area contributed by atoms with Crippen LogP contribution in [-0.4, -0.2) is 6.36 Å². The van der Waals surface area contributed by atoms with E-state index in [0.717, 1.165) is 49.7 Å². The standard InChI is InChI=1S/C25H22F6O/c1-2-14-3-5-15(6-4-14)16-7-9-19(21(26)12-16)17-8-10-20-18(11-17)13-22(27)24(23(20)28)32-25(29,30)31/h7-15H,2-6H2,1H3/t14-,15-. The van der Waals surface area contributed by atoms with Crippen LogP contribution >= 0.6 is 0 Å². The van der Waals surface area contributed by atoms with Crippen molar-refractivity contribution < 1.29 is 31.1 Å². The van der Waals surface area contributed by atoms with Crippen LogP contribution in [0.3, 0.4) is 0 Å². The minimum Gasteiger partial charge on any atom is -0.399 e. The average Bonchev–Trinajstić information content (AvgIpc) is 2.75. The topological polar surface area (TPSA) is 9.23 Å². The minimum atomic E-state index is -5.23. The van der Waals surface area contributed by atoms with Crippen molar-refractivity contribution in [2.45, 2.75) is 51.3 Å². The molecule has 1 nitrogen and oxygen atoms in total. The number of hydrogen-bond donors (Lipinski definition) is 0. The second-order valence-corrected chi connectivity index (χ2v) is 8.35. The van der Waals surface area contributed by atoms with Crippen LogP contribution < -0.4 is 4.74 Å². The van der Waals surface area contributed by atoms with Gasteiger partial charge in [0.25, 0.3) is 0 Å². The van der Waals surface area contributed by atoms with E-state index in [1.165, 1.54) is 24.3 Å². The quantitative estimate of drug-likeness (QED) is 0.361. The van der Waals surface area contributed by atoms with Crippen molar-refractivity contribution in [2.24, 2.45) is 5.92 Å². The van der Waals surface area contributed by atoms with Gasteiger partial charge in [-0.3, -0.25) is 0 Å². The summed E-state index contributed by atoms with van der Waals surface area (Å²) in [6.07, 6.45) is 0.240. The maximum Gasteiger partial charge on any atom is 0.573 e. The third kappa shape index (κ3) is 4.57. The molecule has 1 saturated carbocycles. The van der Waals surface area contributed by atoms with E-state index in [1.807, 2.05) is 6.07 Å². The number of alkyl halides is 3. The van der Waals surface area contributed by atoms with Gasteiger partial charge in [-0.25, -0.2) is 13.2 Å². The van der Waals surface area contributed by atoms with E-state index in [1.54, 1.807) is 6.07 Å². The fourth-order valence-electron chi connectivity index (χ4n) is 4.61. The van der Waals surface area contributed by atoms with Gasteiger partial charge in [0.05, 0.1) is 0 Å². The van der Waals surface area contributed by atoms with Crippen LogP contribution in [0.5, 0.6) is 5.75 Å². The minimum absolute atomic E-state index is 0.00777. The molecule has 170 valence electrons. The van der Waals surface area contributed by atoms with E-state index in [4.69, 9.17) is 0 Å². The molecule has 1 aliphatic carbocycles. The summed E-state index contributed by atoms with van der Waals surface area (Å²) < 4.78 is 84.3. The molecule has 0 bridgehead atoms. The van der Waals surface area contributed by atoms with Gasteiger partial charge in [-0.1, -0.05) is 37.6 Å². The molecule has 0 atom stereocenters. The molecule has 0 spiro atoms. The van der Waals surface area contributed by atoms with Crippen molar-refractivity contribution in [2.75, 3.05) is 0 Å². The molecule has 3 aromatic carbocycles. The molecule has 0 unspecified atom stereocenters. The molecule has 0 amide bonds. The summed E-state index contributed by atoms with van der Waals surface area (Å²) in [5.41, 5.74) is 1.57. The first-order chi connectivity index (χ1) is 15.2. The van der Waals surface area contributed by atoms with Gasteiger partial charge in [-0.2, -0.15) is 0 Å². The van der Waals surface area contributed by atoms with E-state index >= 15 is 0 Å². The van der Waals surface area contributed by atoms with Gasteiger partial charge in [0.15, 0.2) is 11.6 Å². The van der Waals surface area contributed by atoms with Gasteiger partial charge in [0.1, 0.15) is 5.82 Å². The summed E-state index contributed by atoms with van der Waals surface area (Å²) in [6.45, 7) is 2.19. The molecular weight excluding hydrogens is 430 g/mol. The van der Waals surface area contributed by atoms with Gasteiger partial charge in [-0.05, 0) is 72.2 Å². The smallest absolute Gasteiger partial charge is 0.399 e. The second kappa shape index (κ2) is 8.68. The Balaban J connectivity index is 1.64. The van der Waals surface area contributed by atoms with Crippen LogP contribution in [0.25, 0.3) is 21.9 Å². The van der Waals surface area contributed by atoms with Gasteiger partial charge in [-0.15, -0.1) is 13.2 Å². The van der Waals surface area contributed by atoms with Crippen molar-refractivity contribution in [1.29, 1.82) is 0 Å². The highest BCUT2D eigenvalue weighted by molar-refractivity contribution is 5.89. The van der Waals surface area contributed by atoms with E-state index in [9.17, 15) is 26.3 Å². The third-order valence-corrected chi connectivity index (χ3v) is 6.40. The molecule has 0 saturated heterocycles. The number of fused-ring (bicyclic) bond motifs is 1. The second-order valence-electron chi connectivity index (χ2n) is 8.35. The Morgan fingerprint density at radius 2 is 1.59 bits per heavy atom. The predicted octanol–water partition coefficient (Wildman–Crippen LogP) is 8.51. The SMILES string of the molecule is CC[C@H]1CC[C@H](c2ccc(-c3ccc4c(F)c(OC(F)(F)F)c(F)cc4c3)c(F)c2)CC1. The van der Waals surface area contributed by atoms with Crippen molar-refractivity contribution in [3.63, 3.8) is 0 Å². The maximum absolute atomic E-state index is 14.9. The Hall–Kier alpha value is -2.70. The first kappa shape index (κ1) is 22.5. The molecule has 0 radical (unpaired) electrons. The highest BCUT2D eigenvalue weighted by Crippen LogP contribution is 2.39. The summed E-state index contributed by atoms with van der Waals surface area (Å²) in [6, 6.07) is 9.72. The van der Waals surface area contributed by atoms with Gasteiger partial charge in [0, 0.05) is 10.9 Å². The number of halogens is 6. The Labute approximate surface area is 182 Å². The zero-order valence-electron chi connectivity index (χ0n) is 17.4. The summed E-state index contributed by atoms with van der Waals surface area (Å²) in [5, 5.41) is -0.243. The first-order valence-electron chi connectivity index (χ1n) is 10.6. The molecule has 1 aliphatic rings. The lowest BCUT2D eigenvalue weighted by Crippen LogP contribution is -2.19. The van der Waals surface area contributed by atoms with Crippen LogP contribution in [0.15, 0.2) is 42.5 Å². The molecule has 32 heavy (non-hydrogen) atoms. The molecule has 0 aliphatic heterocycles. The van der Waals surface area contributed by atoms with Crippen LogP contribution in [0.1, 0.15) is 50.5 Å².